The molecule has 0 saturated heterocycles. The average Bonchev–Trinajstić information content (AvgIpc) is 3.12. The first-order valence-electron chi connectivity index (χ1n) is 16.3. The maximum atomic E-state index is 4.13. The van der Waals surface area contributed by atoms with E-state index in [1.165, 1.54) is 61.2 Å². The molecule has 0 spiro atoms. The standard InChI is InChI=1S/C46H39N/c1-46(2,3)44-26-24-35(25-27-44)37-12-8-15-40(30-37)42-17-9-16-41(31-42)39-14-7-11-36(29-39)33-20-22-34(23-21-33)38-13-10-18-43(32-38)45-19-5-6-28-47(45)4/h5-32H,4H2,1-3H3. The zero-order chi connectivity index (χ0) is 32.4. The largest absolute Gasteiger partial charge is 0.333 e. The third kappa shape index (κ3) is 6.52. The van der Waals surface area contributed by atoms with E-state index >= 15 is 0 Å². The summed E-state index contributed by atoms with van der Waals surface area (Å²) in [6, 6.07) is 59.3. The molecule has 228 valence electrons. The molecule has 0 bridgehead atoms. The monoisotopic (exact) mass is 605 g/mol. The number of hydrogen-bond acceptors (Lipinski definition) is 0. The molecule has 1 heterocycles. The van der Waals surface area contributed by atoms with Crippen molar-refractivity contribution in [3.05, 3.63) is 183 Å². The van der Waals surface area contributed by atoms with E-state index in [-0.39, 0.29) is 5.41 Å². The fourth-order valence-electron chi connectivity index (χ4n) is 6.25. The Morgan fingerprint density at radius 3 is 1.09 bits per heavy atom. The van der Waals surface area contributed by atoms with E-state index in [0.717, 1.165) is 11.3 Å². The predicted molar refractivity (Wildman–Crippen MR) is 199 cm³/mol. The maximum absolute atomic E-state index is 4.13. The molecule has 0 atom stereocenters. The number of pyridine rings is 1. The van der Waals surface area contributed by atoms with Gasteiger partial charge in [-0.2, -0.15) is 0 Å². The Labute approximate surface area is 279 Å². The van der Waals surface area contributed by atoms with Crippen LogP contribution >= 0.6 is 0 Å². The van der Waals surface area contributed by atoms with Crippen molar-refractivity contribution in [1.29, 1.82) is 0 Å². The van der Waals surface area contributed by atoms with Gasteiger partial charge in [0, 0.05) is 7.05 Å². The van der Waals surface area contributed by atoms with E-state index in [0.29, 0.717) is 0 Å². The molecule has 0 fully saturated rings. The summed E-state index contributed by atoms with van der Waals surface area (Å²) in [5.74, 6) is 0. The third-order valence-corrected chi connectivity index (χ3v) is 8.99. The highest BCUT2D eigenvalue weighted by Crippen LogP contribution is 2.33. The van der Waals surface area contributed by atoms with Crippen molar-refractivity contribution in [2.75, 3.05) is 0 Å². The Balaban J connectivity index is 1.13. The first-order chi connectivity index (χ1) is 22.8. The smallest absolute Gasteiger partial charge is 0.112 e. The Morgan fingerprint density at radius 1 is 0.362 bits per heavy atom. The summed E-state index contributed by atoms with van der Waals surface area (Å²) in [5, 5.41) is 0. The molecular weight excluding hydrogens is 567 g/mol. The number of nitrogens with zero attached hydrogens (tertiary/aromatic N) is 1. The number of rotatable bonds is 6. The van der Waals surface area contributed by atoms with Crippen molar-refractivity contribution in [2.45, 2.75) is 26.2 Å². The van der Waals surface area contributed by atoms with Crippen LogP contribution in [0.2, 0.25) is 0 Å². The minimum Gasteiger partial charge on any atom is -0.333 e. The van der Waals surface area contributed by atoms with Crippen molar-refractivity contribution in [1.82, 2.24) is 0 Å². The lowest BCUT2D eigenvalue weighted by Crippen LogP contribution is -2.27. The van der Waals surface area contributed by atoms with Crippen LogP contribution in [0.1, 0.15) is 26.3 Å². The quantitative estimate of drug-likeness (QED) is 0.131. The van der Waals surface area contributed by atoms with Crippen LogP contribution in [0, 0.1) is 7.05 Å². The average molecular weight is 606 g/mol. The molecule has 1 aromatic heterocycles. The van der Waals surface area contributed by atoms with Gasteiger partial charge in [0.2, 0.25) is 0 Å². The molecule has 0 N–H and O–H groups in total. The molecular formula is C46H39N. The Bertz CT molecular complexity index is 2160. The van der Waals surface area contributed by atoms with Crippen LogP contribution in [0.15, 0.2) is 170 Å². The summed E-state index contributed by atoms with van der Waals surface area (Å²) >= 11 is 0. The van der Waals surface area contributed by atoms with Crippen LogP contribution < -0.4 is 4.57 Å². The topological polar surface area (TPSA) is 3.88 Å². The molecule has 0 amide bonds. The molecule has 0 saturated carbocycles. The van der Waals surface area contributed by atoms with Gasteiger partial charge in [0.1, 0.15) is 5.69 Å². The summed E-state index contributed by atoms with van der Waals surface area (Å²) in [7, 11) is 4.13. The molecule has 47 heavy (non-hydrogen) atoms. The van der Waals surface area contributed by atoms with Crippen molar-refractivity contribution in [3.8, 4) is 66.9 Å². The van der Waals surface area contributed by atoms with E-state index in [1.54, 1.807) is 0 Å². The van der Waals surface area contributed by atoms with Crippen molar-refractivity contribution in [2.24, 2.45) is 0 Å². The van der Waals surface area contributed by atoms with Crippen LogP contribution in [0.5, 0.6) is 0 Å². The lowest BCUT2D eigenvalue weighted by Gasteiger charge is -2.19. The van der Waals surface area contributed by atoms with E-state index in [1.807, 2.05) is 22.9 Å². The van der Waals surface area contributed by atoms with E-state index in [9.17, 15) is 0 Å². The molecule has 0 aliphatic rings. The van der Waals surface area contributed by atoms with Gasteiger partial charge < -0.3 is 4.57 Å². The fraction of sp³-hybridized carbons (Fsp3) is 0.0870. The minimum atomic E-state index is 0.147. The highest BCUT2D eigenvalue weighted by atomic mass is 14.9. The lowest BCUT2D eigenvalue weighted by atomic mass is 9.86. The second-order valence-corrected chi connectivity index (χ2v) is 13.3. The van der Waals surface area contributed by atoms with E-state index < -0.39 is 0 Å². The lowest BCUT2D eigenvalue weighted by molar-refractivity contribution is -0.600. The summed E-state index contributed by atoms with van der Waals surface area (Å²) in [4.78, 5) is 0. The van der Waals surface area contributed by atoms with Gasteiger partial charge in [-0.3, -0.25) is 0 Å². The van der Waals surface area contributed by atoms with Gasteiger partial charge in [-0.05, 0) is 96.4 Å². The predicted octanol–water partition coefficient (Wildman–Crippen LogP) is 11.9. The van der Waals surface area contributed by atoms with Gasteiger partial charge in [-0.15, -0.1) is 0 Å². The second-order valence-electron chi connectivity index (χ2n) is 13.3. The van der Waals surface area contributed by atoms with Crippen molar-refractivity contribution >= 4 is 0 Å². The highest BCUT2D eigenvalue weighted by molar-refractivity contribution is 5.80. The Hall–Kier alpha value is -5.66. The Kier molecular flexibility index (Phi) is 8.06. The normalized spacial score (nSPS) is 11.4. The number of hydrogen-bond donors (Lipinski definition) is 0. The van der Waals surface area contributed by atoms with Gasteiger partial charge in [0.05, 0.1) is 6.20 Å². The van der Waals surface area contributed by atoms with Crippen LogP contribution in [0.25, 0.3) is 66.9 Å². The highest BCUT2D eigenvalue weighted by Gasteiger charge is 2.13. The number of aromatic nitrogens is 1. The van der Waals surface area contributed by atoms with Crippen LogP contribution in [-0.2, 0) is 5.41 Å². The van der Waals surface area contributed by atoms with Crippen molar-refractivity contribution in [3.63, 3.8) is 0 Å². The van der Waals surface area contributed by atoms with Gasteiger partial charge in [-0.25, -0.2) is 0 Å². The van der Waals surface area contributed by atoms with E-state index in [4.69, 9.17) is 0 Å². The molecule has 1 nitrogen and oxygen atoms in total. The molecule has 0 unspecified atom stereocenters. The van der Waals surface area contributed by atoms with Gasteiger partial charge >= 0.3 is 0 Å². The summed E-state index contributed by atoms with van der Waals surface area (Å²) in [5.41, 5.74) is 15.9. The van der Waals surface area contributed by atoms with Crippen molar-refractivity contribution < 1.29 is 4.57 Å². The molecule has 1 heteroatoms. The number of benzene rings is 6. The van der Waals surface area contributed by atoms with Crippen LogP contribution in [0.4, 0.5) is 0 Å². The first kappa shape index (κ1) is 30.0. The summed E-state index contributed by atoms with van der Waals surface area (Å²) < 4.78 is 1.91. The fourth-order valence-corrected chi connectivity index (χ4v) is 6.25. The minimum absolute atomic E-state index is 0.147. The van der Waals surface area contributed by atoms with Gasteiger partial charge in [0.15, 0.2) is 0 Å². The maximum Gasteiger partial charge on any atom is 0.112 e. The van der Waals surface area contributed by atoms with E-state index in [2.05, 4.69) is 179 Å². The van der Waals surface area contributed by atoms with Crippen LogP contribution in [-0.4, -0.2) is 0 Å². The first-order valence-corrected chi connectivity index (χ1v) is 16.3. The zero-order valence-corrected chi connectivity index (χ0v) is 27.3. The molecule has 0 radical (unpaired) electrons. The molecule has 6 aromatic carbocycles. The van der Waals surface area contributed by atoms with Gasteiger partial charge in [0.25, 0.3) is 0 Å². The second kappa shape index (κ2) is 12.6. The van der Waals surface area contributed by atoms with Gasteiger partial charge in [-0.1, -0.05) is 160 Å². The molecule has 0 aliphatic heterocycles. The third-order valence-electron chi connectivity index (χ3n) is 8.99. The molecule has 7 rings (SSSR count). The Morgan fingerprint density at radius 2 is 0.702 bits per heavy atom. The molecule has 0 aliphatic carbocycles. The SMILES string of the molecule is [CH2-][n+]1ccccc1-c1cccc(-c2ccc(-c3cccc(-c4cccc(-c5cccc(-c6ccc(C(C)(C)C)cc6)c5)c4)c3)cc2)c1. The summed E-state index contributed by atoms with van der Waals surface area (Å²) in [6.45, 7) is 6.77. The zero-order valence-electron chi connectivity index (χ0n) is 27.3. The molecule has 7 aromatic rings. The van der Waals surface area contributed by atoms with Crippen LogP contribution in [0.3, 0.4) is 0 Å². The summed E-state index contributed by atoms with van der Waals surface area (Å²) in [6.07, 6.45) is 1.98.